The van der Waals surface area contributed by atoms with Crippen molar-refractivity contribution in [1.29, 1.82) is 0 Å². The number of nitrogens with one attached hydrogen (secondary N) is 2. The van der Waals surface area contributed by atoms with Crippen LogP contribution >= 0.6 is 11.3 Å². The van der Waals surface area contributed by atoms with E-state index in [0.29, 0.717) is 16.4 Å². The number of amides is 2. The highest BCUT2D eigenvalue weighted by molar-refractivity contribution is 7.22. The van der Waals surface area contributed by atoms with E-state index in [1.165, 1.54) is 11.3 Å². The van der Waals surface area contributed by atoms with Gasteiger partial charge in [-0.1, -0.05) is 23.5 Å². The van der Waals surface area contributed by atoms with Gasteiger partial charge in [0.1, 0.15) is 5.75 Å². The second-order valence-corrected chi connectivity index (χ2v) is 5.98. The molecule has 2 amide bonds. The van der Waals surface area contributed by atoms with Crippen molar-refractivity contribution in [2.45, 2.75) is 0 Å². The highest BCUT2D eigenvalue weighted by Crippen LogP contribution is 2.25. The number of aromatic nitrogens is 1. The maximum absolute atomic E-state index is 12.0. The first-order valence-corrected chi connectivity index (χ1v) is 8.05. The van der Waals surface area contributed by atoms with Gasteiger partial charge >= 0.3 is 0 Å². The number of benzene rings is 2. The molecule has 0 radical (unpaired) electrons. The van der Waals surface area contributed by atoms with Crippen LogP contribution in [0, 0.1) is 0 Å². The third-order valence-corrected chi connectivity index (χ3v) is 4.25. The predicted octanol–water partition coefficient (Wildman–Crippen LogP) is 2.67. The summed E-state index contributed by atoms with van der Waals surface area (Å²) in [6.07, 6.45) is 0. The number of thiazole rings is 1. The predicted molar refractivity (Wildman–Crippen MR) is 93.6 cm³/mol. The van der Waals surface area contributed by atoms with E-state index in [9.17, 15) is 9.59 Å². The molecule has 7 heteroatoms. The van der Waals surface area contributed by atoms with Gasteiger partial charge in [-0.25, -0.2) is 4.98 Å². The Morgan fingerprint density at radius 1 is 1.12 bits per heavy atom. The van der Waals surface area contributed by atoms with Gasteiger partial charge in [0.2, 0.25) is 5.91 Å². The number of nitrogens with zero attached hydrogens (tertiary/aromatic N) is 1. The Kier molecular flexibility index (Phi) is 4.72. The van der Waals surface area contributed by atoms with Crippen molar-refractivity contribution < 1.29 is 14.3 Å². The van der Waals surface area contributed by atoms with Crippen molar-refractivity contribution in [3.8, 4) is 5.75 Å². The zero-order valence-electron chi connectivity index (χ0n) is 12.9. The summed E-state index contributed by atoms with van der Waals surface area (Å²) >= 11 is 1.39. The lowest BCUT2D eigenvalue weighted by Gasteiger charge is -2.06. The third-order valence-electron chi connectivity index (χ3n) is 3.30. The highest BCUT2D eigenvalue weighted by Gasteiger charge is 2.10. The van der Waals surface area contributed by atoms with Crippen molar-refractivity contribution in [2.24, 2.45) is 0 Å². The molecule has 0 saturated heterocycles. The van der Waals surface area contributed by atoms with Crippen molar-refractivity contribution >= 4 is 38.5 Å². The van der Waals surface area contributed by atoms with Crippen molar-refractivity contribution in [3.05, 3.63) is 54.1 Å². The zero-order chi connectivity index (χ0) is 16.9. The van der Waals surface area contributed by atoms with E-state index < -0.39 is 0 Å². The molecule has 0 spiro atoms. The number of methoxy groups -OCH3 is 1. The lowest BCUT2D eigenvalue weighted by atomic mass is 10.2. The summed E-state index contributed by atoms with van der Waals surface area (Å²) in [4.78, 5) is 28.3. The molecule has 24 heavy (non-hydrogen) atoms. The Morgan fingerprint density at radius 2 is 1.88 bits per heavy atom. The minimum atomic E-state index is -0.323. The van der Waals surface area contributed by atoms with E-state index in [2.05, 4.69) is 15.6 Å². The molecule has 0 saturated carbocycles. The van der Waals surface area contributed by atoms with Gasteiger partial charge in [0.15, 0.2) is 5.13 Å². The van der Waals surface area contributed by atoms with Crippen LogP contribution in [0.5, 0.6) is 5.75 Å². The highest BCUT2D eigenvalue weighted by atomic mass is 32.1. The van der Waals surface area contributed by atoms with Crippen molar-refractivity contribution in [1.82, 2.24) is 10.3 Å². The van der Waals surface area contributed by atoms with Crippen LogP contribution in [-0.2, 0) is 4.79 Å². The van der Waals surface area contributed by atoms with E-state index >= 15 is 0 Å². The van der Waals surface area contributed by atoms with Gasteiger partial charge in [0.25, 0.3) is 5.91 Å². The summed E-state index contributed by atoms with van der Waals surface area (Å²) in [5.41, 5.74) is 1.30. The van der Waals surface area contributed by atoms with Gasteiger partial charge in [0, 0.05) is 5.56 Å². The number of carbonyl (C=O) groups is 2. The van der Waals surface area contributed by atoms with Gasteiger partial charge in [-0.15, -0.1) is 0 Å². The fraction of sp³-hybridized carbons (Fsp3) is 0.118. The van der Waals surface area contributed by atoms with E-state index in [-0.39, 0.29) is 18.4 Å². The normalized spacial score (nSPS) is 10.4. The second-order valence-electron chi connectivity index (χ2n) is 4.95. The number of fused-ring (bicyclic) bond motifs is 1. The standard InChI is InChI=1S/C17H15N3O3S/c1-23-12-8-6-11(7-9-12)16(22)18-10-15(21)20-17-19-13-4-2-3-5-14(13)24-17/h2-9H,10H2,1H3,(H,18,22)(H,19,20,21). The first-order chi connectivity index (χ1) is 11.7. The maximum Gasteiger partial charge on any atom is 0.251 e. The molecule has 6 nitrogen and oxygen atoms in total. The summed E-state index contributed by atoms with van der Waals surface area (Å²) in [5, 5.41) is 5.78. The number of rotatable bonds is 5. The molecule has 1 heterocycles. The Balaban J connectivity index is 1.55. The molecule has 0 fully saturated rings. The molecule has 2 N–H and O–H groups in total. The van der Waals surface area contributed by atoms with Gasteiger partial charge in [-0.05, 0) is 36.4 Å². The van der Waals surface area contributed by atoms with Gasteiger partial charge in [-0.2, -0.15) is 0 Å². The SMILES string of the molecule is COc1ccc(C(=O)NCC(=O)Nc2nc3ccccc3s2)cc1. The molecule has 3 aromatic rings. The fourth-order valence-corrected chi connectivity index (χ4v) is 2.98. The summed E-state index contributed by atoms with van der Waals surface area (Å²) in [5.74, 6) is 0.0214. The molecule has 0 unspecified atom stereocenters. The van der Waals surface area contributed by atoms with Crippen LogP contribution in [0.1, 0.15) is 10.4 Å². The molecule has 3 rings (SSSR count). The number of para-hydroxylation sites is 1. The zero-order valence-corrected chi connectivity index (χ0v) is 13.7. The number of ether oxygens (including phenoxy) is 1. The number of carbonyl (C=O) groups excluding carboxylic acids is 2. The average molecular weight is 341 g/mol. The van der Waals surface area contributed by atoms with Crippen LogP contribution < -0.4 is 15.4 Å². The van der Waals surface area contributed by atoms with Crippen molar-refractivity contribution in [3.63, 3.8) is 0 Å². The number of hydrogen-bond acceptors (Lipinski definition) is 5. The van der Waals surface area contributed by atoms with Crippen LogP contribution in [-0.4, -0.2) is 30.5 Å². The smallest absolute Gasteiger partial charge is 0.251 e. The number of anilines is 1. The topological polar surface area (TPSA) is 80.3 Å². The molecule has 122 valence electrons. The van der Waals surface area contributed by atoms with Gasteiger partial charge in [-0.3, -0.25) is 9.59 Å². The molecule has 0 atom stereocenters. The number of hydrogen-bond donors (Lipinski definition) is 2. The Bertz CT molecular complexity index is 841. The average Bonchev–Trinajstić information content (AvgIpc) is 3.02. The van der Waals surface area contributed by atoms with Crippen LogP contribution in [0.3, 0.4) is 0 Å². The largest absolute Gasteiger partial charge is 0.497 e. The Labute approximate surface area is 142 Å². The van der Waals surface area contributed by atoms with Crippen molar-refractivity contribution in [2.75, 3.05) is 19.0 Å². The van der Waals surface area contributed by atoms with Gasteiger partial charge in [0.05, 0.1) is 23.9 Å². The lowest BCUT2D eigenvalue weighted by molar-refractivity contribution is -0.115. The Hall–Kier alpha value is -2.93. The lowest BCUT2D eigenvalue weighted by Crippen LogP contribution is -2.32. The molecule has 0 aliphatic carbocycles. The minimum Gasteiger partial charge on any atom is -0.497 e. The molecule has 0 bridgehead atoms. The van der Waals surface area contributed by atoms with Crippen LogP contribution in [0.25, 0.3) is 10.2 Å². The molecular formula is C17H15N3O3S. The van der Waals surface area contributed by atoms with Crippen LogP contribution in [0.4, 0.5) is 5.13 Å². The first-order valence-electron chi connectivity index (χ1n) is 7.23. The first kappa shape index (κ1) is 15.9. The van der Waals surface area contributed by atoms with E-state index in [0.717, 1.165) is 10.2 Å². The molecule has 0 aliphatic heterocycles. The second kappa shape index (κ2) is 7.10. The summed E-state index contributed by atoms with van der Waals surface area (Å²) in [6, 6.07) is 14.3. The fourth-order valence-electron chi connectivity index (χ4n) is 2.09. The molecule has 2 aromatic carbocycles. The summed E-state index contributed by atoms with van der Waals surface area (Å²) < 4.78 is 6.03. The quantitative estimate of drug-likeness (QED) is 0.748. The molecule has 1 aromatic heterocycles. The Morgan fingerprint density at radius 3 is 2.58 bits per heavy atom. The molecule has 0 aliphatic rings. The molecular weight excluding hydrogens is 326 g/mol. The van der Waals surface area contributed by atoms with Crippen LogP contribution in [0.15, 0.2) is 48.5 Å². The van der Waals surface area contributed by atoms with Crippen LogP contribution in [0.2, 0.25) is 0 Å². The van der Waals surface area contributed by atoms with E-state index in [1.54, 1.807) is 31.4 Å². The summed E-state index contributed by atoms with van der Waals surface area (Å²) in [6.45, 7) is -0.124. The monoisotopic (exact) mass is 341 g/mol. The van der Waals surface area contributed by atoms with Gasteiger partial charge < -0.3 is 15.4 Å². The van der Waals surface area contributed by atoms with E-state index in [4.69, 9.17) is 4.74 Å². The minimum absolute atomic E-state index is 0.124. The van der Waals surface area contributed by atoms with E-state index in [1.807, 2.05) is 24.3 Å². The maximum atomic E-state index is 12.0. The third kappa shape index (κ3) is 3.69. The summed E-state index contributed by atoms with van der Waals surface area (Å²) in [7, 11) is 1.56.